The summed E-state index contributed by atoms with van der Waals surface area (Å²) in [6.45, 7) is 0.439. The van der Waals surface area contributed by atoms with Crippen LogP contribution in [0.4, 0.5) is 0 Å². The number of H-pyrrole nitrogens is 1. The second-order valence-corrected chi connectivity index (χ2v) is 6.27. The molecule has 1 amide bonds. The van der Waals surface area contributed by atoms with Crippen LogP contribution in [-0.4, -0.2) is 29.5 Å². The molecule has 0 aliphatic heterocycles. The Morgan fingerprint density at radius 1 is 1.28 bits per heavy atom. The normalized spacial score (nSPS) is 10.4. The molecule has 0 aliphatic rings. The number of benzene rings is 1. The summed E-state index contributed by atoms with van der Waals surface area (Å²) in [7, 11) is 1.62. The maximum Gasteiger partial charge on any atom is 0.346 e. The molecule has 2 heterocycles. The number of hydrogen-bond acceptors (Lipinski definition) is 5. The number of aromatic nitrogens is 2. The number of carbonyl (C=O) groups excluding carboxylic acids is 1. The van der Waals surface area contributed by atoms with Crippen molar-refractivity contribution in [1.82, 2.24) is 15.3 Å². The van der Waals surface area contributed by atoms with Crippen molar-refractivity contribution in [3.63, 3.8) is 0 Å². The third kappa shape index (κ3) is 4.33. The number of carbonyl (C=O) groups is 1. The zero-order chi connectivity index (χ0) is 17.6. The van der Waals surface area contributed by atoms with E-state index in [1.54, 1.807) is 13.2 Å². The summed E-state index contributed by atoms with van der Waals surface area (Å²) >= 11 is 1.48. The van der Waals surface area contributed by atoms with Crippen LogP contribution < -0.4 is 15.7 Å². The lowest BCUT2D eigenvalue weighted by Crippen LogP contribution is -2.29. The number of thiophene rings is 1. The van der Waals surface area contributed by atoms with Gasteiger partial charge in [-0.05, 0) is 41.6 Å². The number of aromatic amines is 1. The molecule has 6 nitrogen and oxygen atoms in total. The maximum atomic E-state index is 12.3. The molecule has 1 aromatic carbocycles. The van der Waals surface area contributed by atoms with Crippen molar-refractivity contribution in [3.05, 3.63) is 69.6 Å². The van der Waals surface area contributed by atoms with E-state index in [1.165, 1.54) is 11.3 Å². The molecule has 0 saturated heterocycles. The van der Waals surface area contributed by atoms with Crippen LogP contribution in [0, 0.1) is 0 Å². The fraction of sp³-hybridized carbons (Fsp3) is 0.167. The Kier molecular flexibility index (Phi) is 5.25. The van der Waals surface area contributed by atoms with Gasteiger partial charge in [-0.3, -0.25) is 4.79 Å². The predicted molar refractivity (Wildman–Crippen MR) is 97.2 cm³/mol. The average Bonchev–Trinajstić information content (AvgIpc) is 3.16. The number of methoxy groups -OCH3 is 1. The van der Waals surface area contributed by atoms with Crippen LogP contribution in [0.5, 0.6) is 5.75 Å². The summed E-state index contributed by atoms with van der Waals surface area (Å²) in [5.41, 5.74) is 1.22. The van der Waals surface area contributed by atoms with Crippen molar-refractivity contribution in [3.8, 4) is 16.3 Å². The van der Waals surface area contributed by atoms with Crippen molar-refractivity contribution >= 4 is 17.2 Å². The molecule has 0 atom stereocenters. The molecular weight excluding hydrogens is 338 g/mol. The Labute approximate surface area is 148 Å². The Balaban J connectivity index is 1.66. The van der Waals surface area contributed by atoms with Crippen molar-refractivity contribution in [2.75, 3.05) is 13.7 Å². The molecule has 3 aromatic rings. The molecule has 2 aromatic heterocycles. The van der Waals surface area contributed by atoms with E-state index >= 15 is 0 Å². The van der Waals surface area contributed by atoms with Gasteiger partial charge in [-0.1, -0.05) is 18.2 Å². The molecule has 0 spiro atoms. The van der Waals surface area contributed by atoms with Crippen molar-refractivity contribution in [2.45, 2.75) is 6.42 Å². The Bertz CT molecular complexity index is 919. The Hall–Kier alpha value is -2.93. The topological polar surface area (TPSA) is 84.1 Å². The number of amides is 1. The van der Waals surface area contributed by atoms with E-state index in [2.05, 4.69) is 15.3 Å². The fourth-order valence-electron chi connectivity index (χ4n) is 2.38. The van der Waals surface area contributed by atoms with E-state index in [9.17, 15) is 9.59 Å². The van der Waals surface area contributed by atoms with Crippen LogP contribution in [0.25, 0.3) is 10.6 Å². The smallest absolute Gasteiger partial charge is 0.346 e. The van der Waals surface area contributed by atoms with Gasteiger partial charge < -0.3 is 15.0 Å². The molecule has 7 heteroatoms. The first-order valence-electron chi connectivity index (χ1n) is 7.72. The summed E-state index contributed by atoms with van der Waals surface area (Å²) in [4.78, 5) is 31.3. The van der Waals surface area contributed by atoms with E-state index in [-0.39, 0.29) is 11.6 Å². The summed E-state index contributed by atoms with van der Waals surface area (Å²) in [5.74, 6) is 0.410. The molecule has 0 fully saturated rings. The predicted octanol–water partition coefficient (Wildman–Crippen LogP) is 2.48. The second-order valence-electron chi connectivity index (χ2n) is 5.32. The van der Waals surface area contributed by atoms with Crippen LogP contribution in [0.1, 0.15) is 16.1 Å². The maximum absolute atomic E-state index is 12.3. The average molecular weight is 355 g/mol. The molecule has 2 N–H and O–H groups in total. The molecule has 3 rings (SSSR count). The first kappa shape index (κ1) is 16.9. The fourth-order valence-corrected chi connectivity index (χ4v) is 3.08. The van der Waals surface area contributed by atoms with E-state index in [0.717, 1.165) is 16.2 Å². The van der Waals surface area contributed by atoms with Gasteiger partial charge >= 0.3 is 5.69 Å². The van der Waals surface area contributed by atoms with Gasteiger partial charge in [0.1, 0.15) is 11.4 Å². The van der Waals surface area contributed by atoms with E-state index in [4.69, 9.17) is 4.74 Å². The lowest BCUT2D eigenvalue weighted by Gasteiger charge is -2.07. The molecule has 0 bridgehead atoms. The quantitative estimate of drug-likeness (QED) is 0.711. The number of ether oxygens (including phenoxy) is 1. The first-order valence-corrected chi connectivity index (χ1v) is 8.60. The van der Waals surface area contributed by atoms with Crippen LogP contribution in [0.15, 0.2) is 52.6 Å². The van der Waals surface area contributed by atoms with Crippen LogP contribution in [0.2, 0.25) is 0 Å². The van der Waals surface area contributed by atoms with Gasteiger partial charge in [0.05, 0.1) is 17.7 Å². The van der Waals surface area contributed by atoms with E-state index < -0.39 is 5.69 Å². The molecular formula is C18H17N3O3S. The van der Waals surface area contributed by atoms with Gasteiger partial charge in [-0.25, -0.2) is 4.79 Å². The van der Waals surface area contributed by atoms with Crippen molar-refractivity contribution < 1.29 is 9.53 Å². The first-order chi connectivity index (χ1) is 12.2. The minimum Gasteiger partial charge on any atom is -0.497 e. The van der Waals surface area contributed by atoms with Gasteiger partial charge in [-0.2, -0.15) is 4.98 Å². The minimum atomic E-state index is -0.538. The number of nitrogens with zero attached hydrogens (tertiary/aromatic N) is 1. The molecule has 0 aliphatic carbocycles. The summed E-state index contributed by atoms with van der Waals surface area (Å²) in [6.07, 6.45) is 0.657. The molecule has 0 saturated carbocycles. The molecule has 0 radical (unpaired) electrons. The van der Waals surface area contributed by atoms with E-state index in [1.807, 2.05) is 41.8 Å². The summed E-state index contributed by atoms with van der Waals surface area (Å²) in [5, 5.41) is 4.70. The van der Waals surface area contributed by atoms with Gasteiger partial charge in [0, 0.05) is 6.54 Å². The van der Waals surface area contributed by atoms with Gasteiger partial charge in [0.2, 0.25) is 0 Å². The summed E-state index contributed by atoms with van der Waals surface area (Å²) < 4.78 is 5.18. The highest BCUT2D eigenvalue weighted by Crippen LogP contribution is 2.21. The van der Waals surface area contributed by atoms with Crippen LogP contribution >= 0.6 is 11.3 Å². The third-order valence-corrected chi connectivity index (χ3v) is 4.50. The molecule has 0 unspecified atom stereocenters. The standard InChI is InChI=1S/C18H17N3O3S/c1-24-13-5-2-4-12(10-13)7-8-19-17(22)15-11-14(20-18(23)21-15)16-6-3-9-25-16/h2-6,9-11H,7-8H2,1H3,(H,19,22)(H,20,21,23). The van der Waals surface area contributed by atoms with Gasteiger partial charge in [0.25, 0.3) is 5.91 Å². The minimum absolute atomic E-state index is 0.109. The van der Waals surface area contributed by atoms with E-state index in [0.29, 0.717) is 18.7 Å². The van der Waals surface area contributed by atoms with Crippen molar-refractivity contribution in [2.24, 2.45) is 0 Å². The summed E-state index contributed by atoms with van der Waals surface area (Å²) in [6, 6.07) is 13.0. The largest absolute Gasteiger partial charge is 0.497 e. The molecule has 25 heavy (non-hydrogen) atoms. The van der Waals surface area contributed by atoms with Crippen LogP contribution in [0.3, 0.4) is 0 Å². The van der Waals surface area contributed by atoms with Crippen LogP contribution in [-0.2, 0) is 6.42 Å². The highest BCUT2D eigenvalue weighted by Gasteiger charge is 2.11. The Morgan fingerprint density at radius 3 is 2.92 bits per heavy atom. The zero-order valence-corrected chi connectivity index (χ0v) is 14.4. The monoisotopic (exact) mass is 355 g/mol. The second kappa shape index (κ2) is 7.76. The highest BCUT2D eigenvalue weighted by atomic mass is 32.1. The number of rotatable bonds is 6. The highest BCUT2D eigenvalue weighted by molar-refractivity contribution is 7.13. The van der Waals surface area contributed by atoms with Crippen molar-refractivity contribution in [1.29, 1.82) is 0 Å². The zero-order valence-electron chi connectivity index (χ0n) is 13.6. The SMILES string of the molecule is COc1cccc(CCNC(=O)c2cc(-c3cccs3)[nH]c(=O)n2)c1. The molecule has 128 valence electrons. The van der Waals surface area contributed by atoms with Gasteiger partial charge in [0.15, 0.2) is 0 Å². The third-order valence-electron chi connectivity index (χ3n) is 3.60. The lowest BCUT2D eigenvalue weighted by atomic mass is 10.1. The number of nitrogens with one attached hydrogen (secondary N) is 2. The number of hydrogen-bond donors (Lipinski definition) is 2. The Morgan fingerprint density at radius 2 is 2.16 bits per heavy atom. The lowest BCUT2D eigenvalue weighted by molar-refractivity contribution is 0.0948. The van der Waals surface area contributed by atoms with Gasteiger partial charge in [-0.15, -0.1) is 11.3 Å².